The Bertz CT molecular complexity index is 1180. The number of hydrogen-bond donors (Lipinski definition) is 1. The van der Waals surface area contributed by atoms with Crippen LogP contribution >= 0.6 is 23.2 Å². The number of ether oxygens (including phenoxy) is 1. The first-order valence-electron chi connectivity index (χ1n) is 8.08. The first-order chi connectivity index (χ1) is 13.8. The quantitative estimate of drug-likeness (QED) is 0.454. The third-order valence-corrected chi connectivity index (χ3v) is 4.59. The number of methoxy groups -OCH3 is 1. The van der Waals surface area contributed by atoms with E-state index in [1.165, 1.54) is 36.2 Å². The predicted molar refractivity (Wildman–Crippen MR) is 107 cm³/mol. The number of rotatable bonds is 5. The van der Waals surface area contributed by atoms with E-state index in [4.69, 9.17) is 38.3 Å². The van der Waals surface area contributed by atoms with E-state index in [1.54, 1.807) is 30.3 Å². The Hall–Kier alpha value is -3.34. The van der Waals surface area contributed by atoms with Crippen LogP contribution in [0.3, 0.4) is 0 Å². The van der Waals surface area contributed by atoms with Crippen molar-refractivity contribution in [3.63, 3.8) is 0 Å². The summed E-state index contributed by atoms with van der Waals surface area (Å²) in [6.07, 6.45) is 2.68. The molecule has 29 heavy (non-hydrogen) atoms. The predicted octanol–water partition coefficient (Wildman–Crippen LogP) is 4.99. The van der Waals surface area contributed by atoms with Gasteiger partial charge in [-0.3, -0.25) is 0 Å². The second kappa shape index (κ2) is 8.35. The van der Waals surface area contributed by atoms with Crippen molar-refractivity contribution in [2.75, 3.05) is 7.11 Å². The number of hydrogen-bond acceptors (Lipinski definition) is 4. The van der Waals surface area contributed by atoms with Crippen molar-refractivity contribution in [1.29, 1.82) is 5.26 Å². The number of aliphatic carboxylic acids is 1. The molecule has 0 saturated carbocycles. The molecule has 146 valence electrons. The standard InChI is InChI=1S/C20H12Cl2FN3O3/c1-29-18-5-3-14(8-16(18)22)26-10-13(6-12(9-24)20(27)28)19(25-26)11-2-4-15(21)17(23)7-11/h2-8,10H,1H3,(H,27,28). The van der Waals surface area contributed by atoms with E-state index in [0.29, 0.717) is 27.6 Å². The highest BCUT2D eigenvalue weighted by atomic mass is 35.5. The molecule has 6 nitrogen and oxygen atoms in total. The number of carbonyl (C=O) groups is 1. The summed E-state index contributed by atoms with van der Waals surface area (Å²) in [7, 11) is 1.49. The summed E-state index contributed by atoms with van der Waals surface area (Å²) >= 11 is 11.9. The van der Waals surface area contributed by atoms with Crippen LogP contribution in [-0.2, 0) is 4.79 Å². The average Bonchev–Trinajstić information content (AvgIpc) is 3.11. The molecule has 0 unspecified atom stereocenters. The molecule has 0 spiro atoms. The van der Waals surface area contributed by atoms with Gasteiger partial charge in [-0.15, -0.1) is 0 Å². The number of nitrogens with zero attached hydrogens (tertiary/aromatic N) is 3. The lowest BCUT2D eigenvalue weighted by atomic mass is 10.1. The Morgan fingerprint density at radius 1 is 1.28 bits per heavy atom. The van der Waals surface area contributed by atoms with E-state index in [-0.39, 0.29) is 10.7 Å². The second-order valence-corrected chi connectivity index (χ2v) is 6.61. The molecule has 0 aliphatic rings. The summed E-state index contributed by atoms with van der Waals surface area (Å²) in [5.74, 6) is -1.57. The van der Waals surface area contributed by atoms with Crippen LogP contribution in [0.5, 0.6) is 5.75 Å². The summed E-state index contributed by atoms with van der Waals surface area (Å²) in [6, 6.07) is 10.7. The molecule has 3 rings (SSSR count). The van der Waals surface area contributed by atoms with Gasteiger partial charge in [0.25, 0.3) is 0 Å². The Balaban J connectivity index is 2.20. The highest BCUT2D eigenvalue weighted by Crippen LogP contribution is 2.30. The maximum Gasteiger partial charge on any atom is 0.346 e. The fraction of sp³-hybridized carbons (Fsp3) is 0.0500. The van der Waals surface area contributed by atoms with Gasteiger partial charge in [0, 0.05) is 17.3 Å². The van der Waals surface area contributed by atoms with Crippen LogP contribution in [0, 0.1) is 17.1 Å². The second-order valence-electron chi connectivity index (χ2n) is 5.80. The van der Waals surface area contributed by atoms with E-state index >= 15 is 0 Å². The highest BCUT2D eigenvalue weighted by Gasteiger charge is 2.16. The van der Waals surface area contributed by atoms with Crippen LogP contribution in [0.15, 0.2) is 48.2 Å². The molecule has 3 aromatic rings. The molecule has 1 aromatic heterocycles. The molecule has 0 radical (unpaired) electrons. The lowest BCUT2D eigenvalue weighted by Crippen LogP contribution is -1.97. The van der Waals surface area contributed by atoms with Crippen LogP contribution < -0.4 is 4.74 Å². The summed E-state index contributed by atoms with van der Waals surface area (Å²) in [5.41, 5.74) is 0.992. The lowest BCUT2D eigenvalue weighted by Gasteiger charge is -2.06. The molecule has 0 atom stereocenters. The molecular formula is C20H12Cl2FN3O3. The molecule has 0 bridgehead atoms. The lowest BCUT2D eigenvalue weighted by molar-refractivity contribution is -0.132. The molecule has 0 fully saturated rings. The van der Waals surface area contributed by atoms with Gasteiger partial charge in [-0.1, -0.05) is 29.3 Å². The number of nitriles is 1. The van der Waals surface area contributed by atoms with Crippen molar-refractivity contribution in [2.24, 2.45) is 0 Å². The van der Waals surface area contributed by atoms with Crippen LogP contribution in [0.2, 0.25) is 10.0 Å². The first kappa shape index (κ1) is 20.4. The number of aromatic nitrogens is 2. The van der Waals surface area contributed by atoms with Gasteiger partial charge in [0.2, 0.25) is 0 Å². The van der Waals surface area contributed by atoms with Gasteiger partial charge < -0.3 is 9.84 Å². The molecule has 2 aromatic carbocycles. The number of halogens is 3. The van der Waals surface area contributed by atoms with Crippen molar-refractivity contribution in [3.8, 4) is 28.8 Å². The van der Waals surface area contributed by atoms with E-state index in [0.717, 1.165) is 0 Å². The molecule has 9 heteroatoms. The highest BCUT2D eigenvalue weighted by molar-refractivity contribution is 6.32. The van der Waals surface area contributed by atoms with Crippen molar-refractivity contribution >= 4 is 35.2 Å². The van der Waals surface area contributed by atoms with Gasteiger partial charge in [-0.05, 0) is 36.4 Å². The van der Waals surface area contributed by atoms with Gasteiger partial charge in [0.1, 0.15) is 28.9 Å². The average molecular weight is 432 g/mol. The van der Waals surface area contributed by atoms with E-state index < -0.39 is 17.4 Å². The Morgan fingerprint density at radius 3 is 2.62 bits per heavy atom. The monoisotopic (exact) mass is 431 g/mol. The molecule has 1 N–H and O–H groups in total. The van der Waals surface area contributed by atoms with Crippen LogP contribution in [0.1, 0.15) is 5.56 Å². The summed E-state index contributed by atoms with van der Waals surface area (Å²) < 4.78 is 20.5. The number of benzene rings is 2. The van der Waals surface area contributed by atoms with Gasteiger partial charge in [-0.25, -0.2) is 13.9 Å². The fourth-order valence-electron chi connectivity index (χ4n) is 2.59. The molecule has 0 aliphatic carbocycles. The zero-order valence-electron chi connectivity index (χ0n) is 14.9. The molecule has 0 aliphatic heterocycles. The van der Waals surface area contributed by atoms with Gasteiger partial charge in [0.15, 0.2) is 0 Å². The normalized spacial score (nSPS) is 11.2. The summed E-state index contributed by atoms with van der Waals surface area (Å²) in [4.78, 5) is 11.2. The minimum absolute atomic E-state index is 0.0598. The SMILES string of the molecule is COc1ccc(-n2cc(C=C(C#N)C(=O)O)c(-c3ccc(Cl)c(F)c3)n2)cc1Cl. The number of carboxylic acids is 1. The minimum atomic E-state index is -1.39. The van der Waals surface area contributed by atoms with Gasteiger partial charge in [-0.2, -0.15) is 10.4 Å². The number of carboxylic acid groups (broad SMARTS) is 1. The zero-order chi connectivity index (χ0) is 21.1. The Kier molecular flexibility index (Phi) is 5.87. The van der Waals surface area contributed by atoms with Crippen LogP contribution in [0.4, 0.5) is 4.39 Å². The van der Waals surface area contributed by atoms with E-state index in [9.17, 15) is 9.18 Å². The smallest absolute Gasteiger partial charge is 0.346 e. The molecule has 0 amide bonds. The van der Waals surface area contributed by atoms with E-state index in [1.807, 2.05) is 0 Å². The zero-order valence-corrected chi connectivity index (χ0v) is 16.4. The van der Waals surface area contributed by atoms with Gasteiger partial charge in [0.05, 0.1) is 22.8 Å². The fourth-order valence-corrected chi connectivity index (χ4v) is 2.96. The summed E-state index contributed by atoms with van der Waals surface area (Å²) in [5, 5.41) is 23.0. The first-order valence-corrected chi connectivity index (χ1v) is 8.83. The van der Waals surface area contributed by atoms with Gasteiger partial charge >= 0.3 is 5.97 Å². The largest absolute Gasteiger partial charge is 0.495 e. The maximum atomic E-state index is 14.0. The van der Waals surface area contributed by atoms with Crippen molar-refractivity contribution < 1.29 is 19.0 Å². The van der Waals surface area contributed by atoms with Crippen molar-refractivity contribution in [3.05, 3.63) is 69.6 Å². The minimum Gasteiger partial charge on any atom is -0.495 e. The molecule has 0 saturated heterocycles. The Morgan fingerprint density at radius 2 is 2.03 bits per heavy atom. The maximum absolute atomic E-state index is 14.0. The molecule has 1 heterocycles. The van der Waals surface area contributed by atoms with Crippen molar-refractivity contribution in [1.82, 2.24) is 9.78 Å². The van der Waals surface area contributed by atoms with E-state index in [2.05, 4.69) is 5.10 Å². The topological polar surface area (TPSA) is 88.1 Å². The van der Waals surface area contributed by atoms with Crippen LogP contribution in [-0.4, -0.2) is 28.0 Å². The third kappa shape index (κ3) is 4.24. The third-order valence-electron chi connectivity index (χ3n) is 3.99. The Labute approximate surface area is 175 Å². The van der Waals surface area contributed by atoms with Crippen LogP contribution in [0.25, 0.3) is 23.0 Å². The summed E-state index contributed by atoms with van der Waals surface area (Å²) in [6.45, 7) is 0. The van der Waals surface area contributed by atoms with Crippen molar-refractivity contribution in [2.45, 2.75) is 0 Å². The molecular weight excluding hydrogens is 420 g/mol.